The van der Waals surface area contributed by atoms with Crippen LogP contribution in [0.2, 0.25) is 0 Å². The predicted molar refractivity (Wildman–Crippen MR) is 190 cm³/mol. The van der Waals surface area contributed by atoms with Crippen LogP contribution in [0.25, 0.3) is 82.5 Å². The second kappa shape index (κ2) is 10.3. The predicted octanol–water partition coefficient (Wildman–Crippen LogP) is 11.5. The summed E-state index contributed by atoms with van der Waals surface area (Å²) in [5, 5.41) is 7.31. The Morgan fingerprint density at radius 1 is 0.378 bits per heavy atom. The van der Waals surface area contributed by atoms with Crippen molar-refractivity contribution >= 4 is 43.4 Å². The third-order valence-corrected chi connectivity index (χ3v) is 9.06. The number of para-hydroxylation sites is 2. The van der Waals surface area contributed by atoms with Crippen LogP contribution >= 0.6 is 0 Å². The Morgan fingerprint density at radius 3 is 1.78 bits per heavy atom. The van der Waals surface area contributed by atoms with Crippen LogP contribution in [-0.4, -0.2) is 9.55 Å². The number of fused-ring (bicyclic) bond motifs is 6. The molecular weight excluding hydrogens is 544 g/mol. The molecule has 0 atom stereocenters. The standard InChI is InChI=1S/C43H28N2/c1-3-12-29(13-4-1)30-22-24-31(25-23-30)38-28-39-35(33-16-7-8-17-34(33)38)19-11-20-36(39)43-42-37-18-9-10-21-40(37)45(41(42)26-27-44-43)32-14-5-2-6-15-32/h1-28H. The van der Waals surface area contributed by atoms with Crippen molar-refractivity contribution in [1.29, 1.82) is 0 Å². The van der Waals surface area contributed by atoms with Gasteiger partial charge >= 0.3 is 0 Å². The number of aromatic nitrogens is 2. The van der Waals surface area contributed by atoms with E-state index in [9.17, 15) is 0 Å². The SMILES string of the molecule is c1ccc(-c2ccc(-c3cc4c(-c5nccc6c5c5ccccc5n6-c5ccccc5)cccc4c4ccccc34)cc2)cc1. The average Bonchev–Trinajstić information content (AvgIpc) is 3.46. The molecule has 0 radical (unpaired) electrons. The molecule has 0 spiro atoms. The van der Waals surface area contributed by atoms with Crippen LogP contribution in [0.5, 0.6) is 0 Å². The van der Waals surface area contributed by atoms with Gasteiger partial charge in [0.25, 0.3) is 0 Å². The monoisotopic (exact) mass is 572 g/mol. The van der Waals surface area contributed by atoms with Gasteiger partial charge in [0.1, 0.15) is 0 Å². The molecule has 0 saturated heterocycles. The van der Waals surface area contributed by atoms with Crippen molar-refractivity contribution in [1.82, 2.24) is 9.55 Å². The van der Waals surface area contributed by atoms with Crippen molar-refractivity contribution in [3.63, 3.8) is 0 Å². The van der Waals surface area contributed by atoms with Crippen molar-refractivity contribution in [3.05, 3.63) is 170 Å². The largest absolute Gasteiger partial charge is 0.309 e. The van der Waals surface area contributed by atoms with E-state index < -0.39 is 0 Å². The molecule has 2 nitrogen and oxygen atoms in total. The zero-order valence-corrected chi connectivity index (χ0v) is 24.6. The van der Waals surface area contributed by atoms with Gasteiger partial charge in [0.15, 0.2) is 0 Å². The molecule has 0 bridgehead atoms. The van der Waals surface area contributed by atoms with Crippen LogP contribution < -0.4 is 0 Å². The summed E-state index contributed by atoms with van der Waals surface area (Å²) in [6.45, 7) is 0. The maximum atomic E-state index is 5.10. The molecule has 210 valence electrons. The third-order valence-electron chi connectivity index (χ3n) is 9.06. The van der Waals surface area contributed by atoms with Crippen LogP contribution in [0, 0.1) is 0 Å². The summed E-state index contributed by atoms with van der Waals surface area (Å²) in [6, 6.07) is 58.8. The quantitative estimate of drug-likeness (QED) is 0.192. The van der Waals surface area contributed by atoms with Gasteiger partial charge in [0, 0.05) is 28.2 Å². The number of benzene rings is 7. The average molecular weight is 573 g/mol. The van der Waals surface area contributed by atoms with Crippen LogP contribution in [0.3, 0.4) is 0 Å². The Morgan fingerprint density at radius 2 is 0.978 bits per heavy atom. The molecule has 0 unspecified atom stereocenters. The van der Waals surface area contributed by atoms with Crippen LogP contribution in [0.4, 0.5) is 0 Å². The Bertz CT molecular complexity index is 2510. The molecule has 0 amide bonds. The lowest BCUT2D eigenvalue weighted by atomic mass is 9.89. The first-order chi connectivity index (χ1) is 22.3. The molecule has 0 aliphatic carbocycles. The smallest absolute Gasteiger partial charge is 0.0808 e. The Labute approximate surface area is 261 Å². The van der Waals surface area contributed by atoms with Gasteiger partial charge in [-0.15, -0.1) is 0 Å². The third kappa shape index (κ3) is 4.07. The van der Waals surface area contributed by atoms with Crippen LogP contribution in [-0.2, 0) is 0 Å². The molecule has 0 fully saturated rings. The fraction of sp³-hybridized carbons (Fsp3) is 0. The zero-order chi connectivity index (χ0) is 29.7. The summed E-state index contributed by atoms with van der Waals surface area (Å²) in [5.41, 5.74) is 10.5. The summed E-state index contributed by atoms with van der Waals surface area (Å²) in [7, 11) is 0. The second-order valence-electron chi connectivity index (χ2n) is 11.6. The minimum Gasteiger partial charge on any atom is -0.309 e. The molecule has 9 rings (SSSR count). The first-order valence-corrected chi connectivity index (χ1v) is 15.4. The van der Waals surface area contributed by atoms with Gasteiger partial charge in [-0.25, -0.2) is 0 Å². The van der Waals surface area contributed by atoms with E-state index in [0.717, 1.165) is 22.5 Å². The summed E-state index contributed by atoms with van der Waals surface area (Å²) < 4.78 is 2.36. The highest BCUT2D eigenvalue weighted by atomic mass is 15.0. The Hall–Kier alpha value is -5.99. The molecule has 2 heterocycles. The zero-order valence-electron chi connectivity index (χ0n) is 24.6. The minimum absolute atomic E-state index is 1.00. The Balaban J connectivity index is 1.32. The molecule has 9 aromatic rings. The highest BCUT2D eigenvalue weighted by Gasteiger charge is 2.19. The molecule has 45 heavy (non-hydrogen) atoms. The molecule has 2 aromatic heterocycles. The van der Waals surface area contributed by atoms with Gasteiger partial charge < -0.3 is 4.57 Å². The second-order valence-corrected chi connectivity index (χ2v) is 11.6. The van der Waals surface area contributed by atoms with Crippen molar-refractivity contribution in [2.24, 2.45) is 0 Å². The molecular formula is C43H28N2. The van der Waals surface area contributed by atoms with Crippen molar-refractivity contribution in [2.45, 2.75) is 0 Å². The van der Waals surface area contributed by atoms with E-state index in [0.29, 0.717) is 0 Å². The van der Waals surface area contributed by atoms with Gasteiger partial charge in [-0.2, -0.15) is 0 Å². The van der Waals surface area contributed by atoms with Gasteiger partial charge in [-0.1, -0.05) is 133 Å². The van der Waals surface area contributed by atoms with E-state index in [1.807, 2.05) is 6.20 Å². The molecule has 2 heteroatoms. The van der Waals surface area contributed by atoms with Crippen LogP contribution in [0.1, 0.15) is 0 Å². The molecule has 7 aromatic carbocycles. The lowest BCUT2D eigenvalue weighted by Gasteiger charge is -2.15. The van der Waals surface area contributed by atoms with E-state index >= 15 is 0 Å². The Kier molecular flexibility index (Phi) is 5.85. The van der Waals surface area contributed by atoms with E-state index in [4.69, 9.17) is 4.98 Å². The first kappa shape index (κ1) is 25.5. The number of nitrogens with zero attached hydrogens (tertiary/aromatic N) is 2. The highest BCUT2D eigenvalue weighted by Crippen LogP contribution is 2.43. The van der Waals surface area contributed by atoms with Crippen molar-refractivity contribution in [3.8, 4) is 39.2 Å². The van der Waals surface area contributed by atoms with E-state index in [2.05, 4.69) is 168 Å². The summed E-state index contributed by atoms with van der Waals surface area (Å²) in [5.74, 6) is 0. The fourth-order valence-corrected chi connectivity index (χ4v) is 7.02. The van der Waals surface area contributed by atoms with E-state index in [-0.39, 0.29) is 0 Å². The maximum Gasteiger partial charge on any atom is 0.0808 e. The topological polar surface area (TPSA) is 17.8 Å². The number of hydrogen-bond donors (Lipinski definition) is 0. The number of pyridine rings is 1. The maximum absolute atomic E-state index is 5.10. The first-order valence-electron chi connectivity index (χ1n) is 15.4. The van der Waals surface area contributed by atoms with E-state index in [1.165, 1.54) is 60.1 Å². The number of hydrogen-bond acceptors (Lipinski definition) is 1. The number of rotatable bonds is 4. The fourth-order valence-electron chi connectivity index (χ4n) is 7.02. The summed E-state index contributed by atoms with van der Waals surface area (Å²) in [6.07, 6.45) is 1.96. The van der Waals surface area contributed by atoms with Gasteiger partial charge in [-0.3, -0.25) is 4.98 Å². The van der Waals surface area contributed by atoms with Gasteiger partial charge in [0.2, 0.25) is 0 Å². The molecule has 0 N–H and O–H groups in total. The minimum atomic E-state index is 1.00. The van der Waals surface area contributed by atoms with Gasteiger partial charge in [-0.05, 0) is 74.1 Å². The summed E-state index contributed by atoms with van der Waals surface area (Å²) >= 11 is 0. The molecule has 0 saturated carbocycles. The van der Waals surface area contributed by atoms with Crippen molar-refractivity contribution < 1.29 is 0 Å². The summed E-state index contributed by atoms with van der Waals surface area (Å²) in [4.78, 5) is 5.10. The normalized spacial score (nSPS) is 11.6. The lowest BCUT2D eigenvalue weighted by Crippen LogP contribution is -1.94. The lowest BCUT2D eigenvalue weighted by molar-refractivity contribution is 1.17. The van der Waals surface area contributed by atoms with Gasteiger partial charge in [0.05, 0.1) is 16.7 Å². The molecule has 0 aliphatic rings. The highest BCUT2D eigenvalue weighted by molar-refractivity contribution is 6.21. The molecule has 0 aliphatic heterocycles. The van der Waals surface area contributed by atoms with Crippen molar-refractivity contribution in [2.75, 3.05) is 0 Å². The van der Waals surface area contributed by atoms with E-state index in [1.54, 1.807) is 0 Å². The van der Waals surface area contributed by atoms with Crippen LogP contribution in [0.15, 0.2) is 170 Å².